The lowest BCUT2D eigenvalue weighted by molar-refractivity contribution is -0.124. The fraction of sp³-hybridized carbons (Fsp3) is 0.515. The van der Waals surface area contributed by atoms with Crippen molar-refractivity contribution in [3.05, 3.63) is 60.0 Å². The molecule has 41 heavy (non-hydrogen) atoms. The Morgan fingerprint density at radius 2 is 1.83 bits per heavy atom. The Morgan fingerprint density at radius 1 is 1.05 bits per heavy atom. The smallest absolute Gasteiger partial charge is 0.231 e. The van der Waals surface area contributed by atoms with Crippen molar-refractivity contribution in [2.45, 2.75) is 82.3 Å². The van der Waals surface area contributed by atoms with E-state index in [1.165, 1.54) is 12.8 Å². The van der Waals surface area contributed by atoms with E-state index in [4.69, 9.17) is 9.72 Å². The molecule has 0 unspecified atom stereocenters. The van der Waals surface area contributed by atoms with Crippen LogP contribution in [-0.4, -0.2) is 45.5 Å². The molecule has 3 saturated carbocycles. The van der Waals surface area contributed by atoms with E-state index in [0.717, 1.165) is 42.4 Å². The average molecular weight is 554 g/mol. The van der Waals surface area contributed by atoms with Crippen molar-refractivity contribution in [3.63, 3.8) is 0 Å². The number of nitriles is 1. The molecular formula is C33H39N5O3. The molecule has 1 amide bonds. The van der Waals surface area contributed by atoms with Crippen molar-refractivity contribution in [2.75, 3.05) is 18.6 Å². The molecule has 0 bridgehead atoms. The van der Waals surface area contributed by atoms with Gasteiger partial charge < -0.3 is 9.84 Å². The first kappa shape index (κ1) is 27.5. The summed E-state index contributed by atoms with van der Waals surface area (Å²) in [6.07, 6.45) is 14.6. The number of aliphatic hydroxyl groups is 1. The van der Waals surface area contributed by atoms with Gasteiger partial charge in [0, 0.05) is 30.4 Å². The summed E-state index contributed by atoms with van der Waals surface area (Å²) in [5.74, 6) is 2.13. The number of methoxy groups -OCH3 is 1. The zero-order valence-electron chi connectivity index (χ0n) is 23.8. The van der Waals surface area contributed by atoms with E-state index in [-0.39, 0.29) is 17.9 Å². The molecule has 3 aliphatic carbocycles. The van der Waals surface area contributed by atoms with Crippen molar-refractivity contribution in [1.29, 1.82) is 5.26 Å². The third-order valence-corrected chi connectivity index (χ3v) is 9.30. The van der Waals surface area contributed by atoms with Gasteiger partial charge >= 0.3 is 0 Å². The van der Waals surface area contributed by atoms with Gasteiger partial charge in [0.05, 0.1) is 37.1 Å². The fourth-order valence-electron chi connectivity index (χ4n) is 6.64. The van der Waals surface area contributed by atoms with Crippen LogP contribution in [0.25, 0.3) is 11.1 Å². The molecule has 0 aliphatic heterocycles. The summed E-state index contributed by atoms with van der Waals surface area (Å²) in [7, 11) is 1.62. The average Bonchev–Trinajstić information content (AvgIpc) is 3.75. The van der Waals surface area contributed by atoms with Gasteiger partial charge in [-0.25, -0.2) is 4.98 Å². The van der Waals surface area contributed by atoms with Crippen LogP contribution in [0.15, 0.2) is 48.9 Å². The molecule has 2 heterocycles. The number of aromatic nitrogens is 3. The first-order valence-corrected chi connectivity index (χ1v) is 15.1. The largest absolute Gasteiger partial charge is 0.497 e. The monoisotopic (exact) mass is 553 g/mol. The molecule has 8 heteroatoms. The summed E-state index contributed by atoms with van der Waals surface area (Å²) in [5, 5.41) is 24.3. The quantitative estimate of drug-likeness (QED) is 0.366. The zero-order valence-corrected chi connectivity index (χ0v) is 23.8. The van der Waals surface area contributed by atoms with E-state index in [1.807, 2.05) is 46.1 Å². The van der Waals surface area contributed by atoms with E-state index >= 15 is 0 Å². The summed E-state index contributed by atoms with van der Waals surface area (Å²) >= 11 is 0. The fourth-order valence-corrected chi connectivity index (χ4v) is 6.64. The van der Waals surface area contributed by atoms with Crippen molar-refractivity contribution in [3.8, 4) is 22.9 Å². The van der Waals surface area contributed by atoms with E-state index in [2.05, 4.69) is 17.4 Å². The lowest BCUT2D eigenvalue weighted by Gasteiger charge is -2.35. The molecule has 0 saturated heterocycles. The molecule has 0 spiro atoms. The second kappa shape index (κ2) is 12.0. The van der Waals surface area contributed by atoms with Gasteiger partial charge in [0.25, 0.3) is 0 Å². The molecule has 3 aromatic rings. The third kappa shape index (κ3) is 6.15. The highest BCUT2D eigenvalue weighted by molar-refractivity contribution is 5.94. The Hall–Kier alpha value is -3.70. The first-order valence-electron chi connectivity index (χ1n) is 15.1. The van der Waals surface area contributed by atoms with Crippen LogP contribution >= 0.6 is 0 Å². The van der Waals surface area contributed by atoms with Gasteiger partial charge in [-0.3, -0.25) is 14.4 Å². The highest BCUT2D eigenvalue weighted by Gasteiger charge is 2.33. The molecule has 1 N–H and O–H groups in total. The topological polar surface area (TPSA) is 104 Å². The number of carbonyl (C=O) groups is 1. The van der Waals surface area contributed by atoms with Crippen LogP contribution in [0, 0.1) is 23.2 Å². The van der Waals surface area contributed by atoms with Crippen LogP contribution in [0.5, 0.6) is 5.75 Å². The molecule has 6 rings (SSSR count). The molecule has 3 aliphatic rings. The maximum atomic E-state index is 14.0. The van der Waals surface area contributed by atoms with E-state index in [0.29, 0.717) is 67.2 Å². The summed E-state index contributed by atoms with van der Waals surface area (Å²) in [6, 6.07) is 12.7. The highest BCUT2D eigenvalue weighted by Crippen LogP contribution is 2.40. The Labute approximate surface area is 242 Å². The number of carbonyl (C=O) groups excluding carboxylic acids is 1. The maximum Gasteiger partial charge on any atom is 0.231 e. The molecule has 214 valence electrons. The van der Waals surface area contributed by atoms with E-state index in [9.17, 15) is 15.2 Å². The van der Waals surface area contributed by atoms with Gasteiger partial charge in [-0.05, 0) is 111 Å². The number of nitrogens with zero attached hydrogens (tertiary/aromatic N) is 5. The van der Waals surface area contributed by atoms with E-state index < -0.39 is 0 Å². The SMILES string of the molecule is COc1ccc([C@H]2CC[C@H](CN(c3cc(-c4cnn(C5CC5)c4)ccn3)C(=O)[C@H]3CC[C@H](O)CC3)CC2)c(C#N)c1. The van der Waals surface area contributed by atoms with Crippen molar-refractivity contribution >= 4 is 11.7 Å². The number of aliphatic hydroxyl groups excluding tert-OH is 1. The van der Waals surface area contributed by atoms with Crippen LogP contribution in [0.3, 0.4) is 0 Å². The minimum Gasteiger partial charge on any atom is -0.497 e. The standard InChI is InChI=1S/C33H39N5O3/c1-41-30-12-13-31(26(16-30)18-34)23-4-2-22(3-5-23)20-37(33(40)24-6-10-29(39)11-7-24)32-17-25(14-15-35-32)27-19-36-38(21-27)28-8-9-28/h12-17,19,21-24,28-29,39H,2-11,20H2,1H3/t22-,23-,24-,29-. The Balaban J connectivity index is 1.20. The molecule has 0 radical (unpaired) electrons. The van der Waals surface area contributed by atoms with E-state index in [1.54, 1.807) is 13.3 Å². The van der Waals surface area contributed by atoms with Crippen LogP contribution in [0.1, 0.15) is 87.3 Å². The highest BCUT2D eigenvalue weighted by atomic mass is 16.5. The predicted molar refractivity (Wildman–Crippen MR) is 156 cm³/mol. The minimum absolute atomic E-state index is 0.0877. The number of amides is 1. The second-order valence-electron chi connectivity index (χ2n) is 12.1. The molecular weight excluding hydrogens is 514 g/mol. The second-order valence-corrected chi connectivity index (χ2v) is 12.1. The number of rotatable bonds is 8. The summed E-state index contributed by atoms with van der Waals surface area (Å²) in [4.78, 5) is 20.6. The molecule has 2 aromatic heterocycles. The van der Waals surface area contributed by atoms with Gasteiger partial charge in [0.1, 0.15) is 11.6 Å². The lowest BCUT2D eigenvalue weighted by atomic mass is 9.77. The number of pyridine rings is 1. The van der Waals surface area contributed by atoms with Crippen molar-refractivity contribution < 1.29 is 14.6 Å². The number of anilines is 1. The number of ether oxygens (including phenoxy) is 1. The molecule has 0 atom stereocenters. The van der Waals surface area contributed by atoms with Gasteiger partial charge in [-0.2, -0.15) is 10.4 Å². The molecule has 8 nitrogen and oxygen atoms in total. The summed E-state index contributed by atoms with van der Waals surface area (Å²) in [6.45, 7) is 0.635. The van der Waals surface area contributed by atoms with Gasteiger partial charge in [-0.1, -0.05) is 6.07 Å². The maximum absolute atomic E-state index is 14.0. The number of hydrogen-bond donors (Lipinski definition) is 1. The van der Waals surface area contributed by atoms with Crippen LogP contribution in [0.4, 0.5) is 5.82 Å². The number of benzene rings is 1. The number of hydrogen-bond acceptors (Lipinski definition) is 6. The lowest BCUT2D eigenvalue weighted by Crippen LogP contribution is -2.42. The van der Waals surface area contributed by atoms with Crippen LogP contribution < -0.4 is 9.64 Å². The normalized spacial score (nSPS) is 24.4. The third-order valence-electron chi connectivity index (χ3n) is 9.30. The van der Waals surface area contributed by atoms with Crippen molar-refractivity contribution in [2.24, 2.45) is 11.8 Å². The van der Waals surface area contributed by atoms with Crippen LogP contribution in [-0.2, 0) is 4.79 Å². The Bertz CT molecular complexity index is 1410. The van der Waals surface area contributed by atoms with Crippen molar-refractivity contribution in [1.82, 2.24) is 14.8 Å². The zero-order chi connectivity index (χ0) is 28.3. The predicted octanol–water partition coefficient (Wildman–Crippen LogP) is 6.02. The summed E-state index contributed by atoms with van der Waals surface area (Å²) < 4.78 is 7.36. The first-order chi connectivity index (χ1) is 20.0. The van der Waals surface area contributed by atoms with Gasteiger partial charge in [0.15, 0.2) is 0 Å². The molecule has 3 fully saturated rings. The Morgan fingerprint density at radius 3 is 2.54 bits per heavy atom. The van der Waals surface area contributed by atoms with Gasteiger partial charge in [-0.15, -0.1) is 0 Å². The summed E-state index contributed by atoms with van der Waals surface area (Å²) in [5.41, 5.74) is 3.85. The molecule has 1 aromatic carbocycles. The van der Waals surface area contributed by atoms with Crippen LogP contribution in [0.2, 0.25) is 0 Å². The van der Waals surface area contributed by atoms with Gasteiger partial charge in [0.2, 0.25) is 5.91 Å². The minimum atomic E-state index is -0.302. The Kier molecular flexibility index (Phi) is 8.06.